The standard InChI is InChI=1S/C14H10F2N2OS/c1-7-8(2)20-14(11(7)6-17)18-13(19)10-4-3-9(15)5-12(10)16/h3-5H,1-2H3,(H,18,19). The number of rotatable bonds is 2. The number of nitrogens with zero attached hydrogens (tertiary/aromatic N) is 1. The maximum absolute atomic E-state index is 13.5. The molecule has 0 atom stereocenters. The second-order valence-corrected chi connectivity index (χ2v) is 5.40. The van der Waals surface area contributed by atoms with Crippen molar-refractivity contribution in [1.82, 2.24) is 0 Å². The molecule has 0 bridgehead atoms. The van der Waals surface area contributed by atoms with Crippen LogP contribution in [0.1, 0.15) is 26.4 Å². The van der Waals surface area contributed by atoms with Gasteiger partial charge in [-0.1, -0.05) is 0 Å². The number of carbonyl (C=O) groups excluding carboxylic acids is 1. The highest BCUT2D eigenvalue weighted by Crippen LogP contribution is 2.32. The molecule has 0 aliphatic rings. The lowest BCUT2D eigenvalue weighted by Gasteiger charge is -2.04. The smallest absolute Gasteiger partial charge is 0.259 e. The lowest BCUT2D eigenvalue weighted by Crippen LogP contribution is -2.13. The number of aryl methyl sites for hydroxylation is 1. The summed E-state index contributed by atoms with van der Waals surface area (Å²) in [6.07, 6.45) is 0. The van der Waals surface area contributed by atoms with Gasteiger partial charge in [0.1, 0.15) is 22.7 Å². The predicted octanol–water partition coefficient (Wildman–Crippen LogP) is 3.77. The predicted molar refractivity (Wildman–Crippen MR) is 72.8 cm³/mol. The van der Waals surface area contributed by atoms with E-state index in [0.717, 1.165) is 22.6 Å². The molecule has 0 aliphatic heterocycles. The van der Waals surface area contributed by atoms with Crippen LogP contribution in [0.4, 0.5) is 13.8 Å². The molecule has 2 rings (SSSR count). The molecule has 1 heterocycles. The zero-order valence-electron chi connectivity index (χ0n) is 10.8. The van der Waals surface area contributed by atoms with Gasteiger partial charge in [-0.05, 0) is 31.5 Å². The monoisotopic (exact) mass is 292 g/mol. The minimum absolute atomic E-state index is 0.265. The summed E-state index contributed by atoms with van der Waals surface area (Å²) in [5, 5.41) is 11.9. The molecule has 102 valence electrons. The van der Waals surface area contributed by atoms with E-state index in [1.165, 1.54) is 11.3 Å². The molecule has 1 N–H and O–H groups in total. The van der Waals surface area contributed by atoms with Gasteiger partial charge < -0.3 is 5.32 Å². The molecule has 0 spiro atoms. The summed E-state index contributed by atoms with van der Waals surface area (Å²) in [4.78, 5) is 12.9. The van der Waals surface area contributed by atoms with Crippen molar-refractivity contribution in [3.63, 3.8) is 0 Å². The van der Waals surface area contributed by atoms with Crippen molar-refractivity contribution >= 4 is 22.2 Å². The number of hydrogen-bond acceptors (Lipinski definition) is 3. The Labute approximate surface area is 118 Å². The fourth-order valence-electron chi connectivity index (χ4n) is 1.69. The Morgan fingerprint density at radius 1 is 1.35 bits per heavy atom. The maximum atomic E-state index is 13.5. The van der Waals surface area contributed by atoms with Crippen LogP contribution in [0.3, 0.4) is 0 Å². The summed E-state index contributed by atoms with van der Waals surface area (Å²) < 4.78 is 26.3. The number of hydrogen-bond donors (Lipinski definition) is 1. The molecule has 1 aromatic heterocycles. The third kappa shape index (κ3) is 2.53. The van der Waals surface area contributed by atoms with Crippen molar-refractivity contribution in [3.8, 4) is 6.07 Å². The topological polar surface area (TPSA) is 52.9 Å². The van der Waals surface area contributed by atoms with Gasteiger partial charge in [0, 0.05) is 10.9 Å². The lowest BCUT2D eigenvalue weighted by atomic mass is 10.1. The average Bonchev–Trinajstić information content (AvgIpc) is 2.64. The molecular formula is C14H10F2N2OS. The van der Waals surface area contributed by atoms with Crippen LogP contribution in [0, 0.1) is 36.8 Å². The molecule has 2 aromatic rings. The molecule has 6 heteroatoms. The van der Waals surface area contributed by atoms with Gasteiger partial charge in [-0.25, -0.2) is 8.78 Å². The number of nitrogens with one attached hydrogen (secondary N) is 1. The van der Waals surface area contributed by atoms with Crippen LogP contribution in [0.5, 0.6) is 0 Å². The molecule has 1 amide bonds. The first-order chi connectivity index (χ1) is 9.43. The Balaban J connectivity index is 2.33. The van der Waals surface area contributed by atoms with E-state index >= 15 is 0 Å². The number of anilines is 1. The fraction of sp³-hybridized carbons (Fsp3) is 0.143. The molecule has 0 radical (unpaired) electrons. The Kier molecular flexibility index (Phi) is 3.81. The molecule has 0 unspecified atom stereocenters. The number of carbonyl (C=O) groups is 1. The van der Waals surface area contributed by atoms with E-state index in [2.05, 4.69) is 5.32 Å². The maximum Gasteiger partial charge on any atom is 0.259 e. The van der Waals surface area contributed by atoms with Gasteiger partial charge in [0.25, 0.3) is 5.91 Å². The molecule has 0 fully saturated rings. The minimum atomic E-state index is -0.939. The minimum Gasteiger partial charge on any atom is -0.312 e. The zero-order chi connectivity index (χ0) is 14.9. The van der Waals surface area contributed by atoms with E-state index in [1.807, 2.05) is 13.0 Å². The molecule has 0 saturated carbocycles. The van der Waals surface area contributed by atoms with E-state index in [0.29, 0.717) is 16.6 Å². The zero-order valence-corrected chi connectivity index (χ0v) is 11.6. The molecule has 20 heavy (non-hydrogen) atoms. The summed E-state index contributed by atoms with van der Waals surface area (Å²) in [5.74, 6) is -2.40. The van der Waals surface area contributed by atoms with Crippen molar-refractivity contribution < 1.29 is 13.6 Å². The van der Waals surface area contributed by atoms with Crippen LogP contribution >= 0.6 is 11.3 Å². The Hall–Kier alpha value is -2.26. The lowest BCUT2D eigenvalue weighted by molar-refractivity contribution is 0.102. The van der Waals surface area contributed by atoms with Crippen molar-refractivity contribution in [2.45, 2.75) is 13.8 Å². The van der Waals surface area contributed by atoms with Crippen LogP contribution in [-0.4, -0.2) is 5.91 Å². The van der Waals surface area contributed by atoms with Crippen LogP contribution < -0.4 is 5.32 Å². The Morgan fingerprint density at radius 3 is 2.65 bits per heavy atom. The fourth-order valence-corrected chi connectivity index (χ4v) is 2.70. The summed E-state index contributed by atoms with van der Waals surface area (Å²) in [7, 11) is 0. The summed E-state index contributed by atoms with van der Waals surface area (Å²) >= 11 is 1.25. The number of benzene rings is 1. The average molecular weight is 292 g/mol. The van der Waals surface area contributed by atoms with Crippen LogP contribution in [0.2, 0.25) is 0 Å². The molecule has 0 aliphatic carbocycles. The van der Waals surface area contributed by atoms with Gasteiger partial charge in [-0.3, -0.25) is 4.79 Å². The molecule has 0 saturated heterocycles. The Bertz CT molecular complexity index is 732. The molecule has 1 aromatic carbocycles. The first-order valence-electron chi connectivity index (χ1n) is 5.70. The van der Waals surface area contributed by atoms with Gasteiger partial charge in [-0.2, -0.15) is 5.26 Å². The van der Waals surface area contributed by atoms with E-state index in [-0.39, 0.29) is 5.56 Å². The van der Waals surface area contributed by atoms with Gasteiger partial charge in [0.2, 0.25) is 0 Å². The summed E-state index contributed by atoms with van der Waals surface area (Å²) in [6.45, 7) is 3.60. The third-order valence-electron chi connectivity index (χ3n) is 2.90. The van der Waals surface area contributed by atoms with Gasteiger partial charge in [0.15, 0.2) is 0 Å². The molecular weight excluding hydrogens is 282 g/mol. The number of amides is 1. The largest absolute Gasteiger partial charge is 0.312 e. The first-order valence-corrected chi connectivity index (χ1v) is 6.52. The van der Waals surface area contributed by atoms with Crippen LogP contribution in [0.25, 0.3) is 0 Å². The second-order valence-electron chi connectivity index (χ2n) is 4.18. The van der Waals surface area contributed by atoms with E-state index in [4.69, 9.17) is 5.26 Å². The van der Waals surface area contributed by atoms with E-state index < -0.39 is 17.5 Å². The van der Waals surface area contributed by atoms with Gasteiger partial charge in [-0.15, -0.1) is 11.3 Å². The second kappa shape index (κ2) is 5.39. The van der Waals surface area contributed by atoms with Crippen molar-refractivity contribution in [2.75, 3.05) is 5.32 Å². The van der Waals surface area contributed by atoms with E-state index in [1.54, 1.807) is 6.92 Å². The highest BCUT2D eigenvalue weighted by atomic mass is 32.1. The highest BCUT2D eigenvalue weighted by Gasteiger charge is 2.17. The summed E-state index contributed by atoms with van der Waals surface area (Å²) in [6, 6.07) is 4.73. The van der Waals surface area contributed by atoms with Gasteiger partial charge >= 0.3 is 0 Å². The van der Waals surface area contributed by atoms with Crippen molar-refractivity contribution in [3.05, 3.63) is 51.4 Å². The van der Waals surface area contributed by atoms with Crippen molar-refractivity contribution in [1.29, 1.82) is 5.26 Å². The number of thiophene rings is 1. The summed E-state index contributed by atoms with van der Waals surface area (Å²) in [5.41, 5.74) is 0.884. The quantitative estimate of drug-likeness (QED) is 0.916. The Morgan fingerprint density at radius 2 is 2.05 bits per heavy atom. The number of nitriles is 1. The highest BCUT2D eigenvalue weighted by molar-refractivity contribution is 7.16. The van der Waals surface area contributed by atoms with Gasteiger partial charge in [0.05, 0.1) is 11.1 Å². The van der Waals surface area contributed by atoms with Crippen LogP contribution in [0.15, 0.2) is 18.2 Å². The number of halogens is 2. The van der Waals surface area contributed by atoms with Crippen molar-refractivity contribution in [2.24, 2.45) is 0 Å². The van der Waals surface area contributed by atoms with Crippen LogP contribution in [-0.2, 0) is 0 Å². The van der Waals surface area contributed by atoms with E-state index in [9.17, 15) is 13.6 Å². The first kappa shape index (κ1) is 14.2. The third-order valence-corrected chi connectivity index (χ3v) is 4.02. The molecule has 3 nitrogen and oxygen atoms in total. The SMILES string of the molecule is Cc1sc(NC(=O)c2ccc(F)cc2F)c(C#N)c1C. The normalized spacial score (nSPS) is 10.2.